The molecule has 6 nitrogen and oxygen atoms in total. The van der Waals surface area contributed by atoms with Crippen LogP contribution >= 0.6 is 0 Å². The number of ether oxygens (including phenoxy) is 1. The molecule has 0 radical (unpaired) electrons. The SMILES string of the molecule is Cc1nc2cc(F)ccc2cc1C(=O)N1CCC[C@@H](C(=O)N2CCOCC2)C1. The number of hydrogen-bond donors (Lipinski definition) is 0. The number of halogens is 1. The van der Waals surface area contributed by atoms with Crippen LogP contribution in [0.1, 0.15) is 28.9 Å². The van der Waals surface area contributed by atoms with Crippen molar-refractivity contribution in [2.24, 2.45) is 5.92 Å². The largest absolute Gasteiger partial charge is 0.378 e. The Morgan fingerprint density at radius 1 is 1.14 bits per heavy atom. The van der Waals surface area contributed by atoms with E-state index in [1.807, 2.05) is 4.90 Å². The molecular formula is C21H24FN3O3. The molecule has 0 saturated carbocycles. The van der Waals surface area contributed by atoms with Crippen LogP contribution in [-0.2, 0) is 9.53 Å². The molecule has 2 fully saturated rings. The number of likely N-dealkylation sites (tertiary alicyclic amines) is 1. The lowest BCUT2D eigenvalue weighted by molar-refractivity contribution is -0.141. The highest BCUT2D eigenvalue weighted by Crippen LogP contribution is 2.24. The highest BCUT2D eigenvalue weighted by molar-refractivity contribution is 5.99. The van der Waals surface area contributed by atoms with E-state index >= 15 is 0 Å². The third-order valence-corrected chi connectivity index (χ3v) is 5.58. The van der Waals surface area contributed by atoms with Crippen LogP contribution < -0.4 is 0 Å². The number of piperidine rings is 1. The normalized spacial score (nSPS) is 20.4. The number of aromatic nitrogens is 1. The molecule has 7 heteroatoms. The van der Waals surface area contributed by atoms with Gasteiger partial charge in [-0.2, -0.15) is 0 Å². The zero-order valence-corrected chi connectivity index (χ0v) is 16.0. The van der Waals surface area contributed by atoms with Crippen molar-refractivity contribution in [3.63, 3.8) is 0 Å². The monoisotopic (exact) mass is 385 g/mol. The minimum Gasteiger partial charge on any atom is -0.378 e. The van der Waals surface area contributed by atoms with E-state index in [0.29, 0.717) is 56.2 Å². The van der Waals surface area contributed by atoms with Crippen LogP contribution in [0.25, 0.3) is 10.9 Å². The molecule has 148 valence electrons. The van der Waals surface area contributed by atoms with Crippen molar-refractivity contribution in [3.8, 4) is 0 Å². The van der Waals surface area contributed by atoms with E-state index in [0.717, 1.165) is 18.2 Å². The summed E-state index contributed by atoms with van der Waals surface area (Å²) >= 11 is 0. The van der Waals surface area contributed by atoms with Gasteiger partial charge in [-0.25, -0.2) is 4.39 Å². The summed E-state index contributed by atoms with van der Waals surface area (Å²) in [5.41, 5.74) is 1.62. The minimum absolute atomic E-state index is 0.115. The number of carbonyl (C=O) groups excluding carboxylic acids is 2. The van der Waals surface area contributed by atoms with Gasteiger partial charge in [-0.3, -0.25) is 14.6 Å². The molecule has 0 spiro atoms. The van der Waals surface area contributed by atoms with Gasteiger partial charge in [0.25, 0.3) is 5.91 Å². The highest BCUT2D eigenvalue weighted by atomic mass is 19.1. The van der Waals surface area contributed by atoms with Crippen LogP contribution in [0.15, 0.2) is 24.3 Å². The number of pyridine rings is 1. The first kappa shape index (κ1) is 18.8. The number of benzene rings is 1. The first-order valence-electron chi connectivity index (χ1n) is 9.75. The van der Waals surface area contributed by atoms with E-state index in [1.165, 1.54) is 12.1 Å². The van der Waals surface area contributed by atoms with Gasteiger partial charge in [0.15, 0.2) is 0 Å². The molecular weight excluding hydrogens is 361 g/mol. The molecule has 3 heterocycles. The van der Waals surface area contributed by atoms with E-state index in [4.69, 9.17) is 4.74 Å². The van der Waals surface area contributed by atoms with E-state index in [-0.39, 0.29) is 23.5 Å². The zero-order valence-electron chi connectivity index (χ0n) is 16.0. The number of fused-ring (bicyclic) bond motifs is 1. The molecule has 1 aromatic heterocycles. The lowest BCUT2D eigenvalue weighted by atomic mass is 9.95. The third kappa shape index (κ3) is 3.71. The minimum atomic E-state index is -0.348. The van der Waals surface area contributed by atoms with Crippen LogP contribution in [0.5, 0.6) is 0 Å². The average molecular weight is 385 g/mol. The molecule has 0 N–H and O–H groups in total. The number of carbonyl (C=O) groups is 2. The fourth-order valence-electron chi connectivity index (χ4n) is 4.03. The summed E-state index contributed by atoms with van der Waals surface area (Å²) in [6, 6.07) is 6.14. The van der Waals surface area contributed by atoms with E-state index in [9.17, 15) is 14.0 Å². The topological polar surface area (TPSA) is 62.7 Å². The third-order valence-electron chi connectivity index (χ3n) is 5.58. The maximum Gasteiger partial charge on any atom is 0.255 e. The molecule has 1 aromatic carbocycles. The molecule has 2 saturated heterocycles. The summed E-state index contributed by atoms with van der Waals surface area (Å²) in [6.07, 6.45) is 1.60. The molecule has 2 aliphatic heterocycles. The number of nitrogens with zero attached hydrogens (tertiary/aromatic N) is 3. The fraction of sp³-hybridized carbons (Fsp3) is 0.476. The zero-order chi connectivity index (χ0) is 19.7. The predicted molar refractivity (Wildman–Crippen MR) is 102 cm³/mol. The van der Waals surface area contributed by atoms with Gasteiger partial charge in [-0.1, -0.05) is 0 Å². The molecule has 2 aromatic rings. The van der Waals surface area contributed by atoms with Gasteiger partial charge in [-0.05, 0) is 38.0 Å². The van der Waals surface area contributed by atoms with Gasteiger partial charge < -0.3 is 14.5 Å². The number of morpholine rings is 1. The van der Waals surface area contributed by atoms with Crippen LogP contribution in [0, 0.1) is 18.7 Å². The number of hydrogen-bond acceptors (Lipinski definition) is 4. The van der Waals surface area contributed by atoms with Crippen LogP contribution in [0.3, 0.4) is 0 Å². The van der Waals surface area contributed by atoms with Gasteiger partial charge in [0.1, 0.15) is 5.82 Å². The summed E-state index contributed by atoms with van der Waals surface area (Å²) in [5.74, 6) is -0.516. The second-order valence-electron chi connectivity index (χ2n) is 7.49. The fourth-order valence-corrected chi connectivity index (χ4v) is 4.03. The Labute approximate surface area is 163 Å². The molecule has 4 rings (SSSR count). The standard InChI is InChI=1S/C21H24FN3O3/c1-14-18(11-15-4-5-17(22)12-19(15)23-14)21(27)25-6-2-3-16(13-25)20(26)24-7-9-28-10-8-24/h4-5,11-12,16H,2-3,6-10,13H2,1H3/t16-/m1/s1. The first-order valence-corrected chi connectivity index (χ1v) is 9.75. The maximum absolute atomic E-state index is 13.4. The molecule has 0 unspecified atom stereocenters. The first-order chi connectivity index (χ1) is 13.5. The summed E-state index contributed by atoms with van der Waals surface area (Å²) in [4.78, 5) is 34.0. The smallest absolute Gasteiger partial charge is 0.255 e. The Morgan fingerprint density at radius 2 is 1.93 bits per heavy atom. The molecule has 2 aliphatic rings. The summed E-state index contributed by atoms with van der Waals surface area (Å²) < 4.78 is 18.8. The Kier molecular flexibility index (Phi) is 5.26. The molecule has 2 amide bonds. The second-order valence-corrected chi connectivity index (χ2v) is 7.49. The van der Waals surface area contributed by atoms with Crippen molar-refractivity contribution in [1.29, 1.82) is 0 Å². The Morgan fingerprint density at radius 3 is 2.71 bits per heavy atom. The van der Waals surface area contributed by atoms with Gasteiger partial charge in [0, 0.05) is 37.6 Å². The average Bonchev–Trinajstić information content (AvgIpc) is 2.73. The summed E-state index contributed by atoms with van der Waals surface area (Å²) in [6.45, 7) is 5.20. The van der Waals surface area contributed by atoms with E-state index in [1.54, 1.807) is 24.0 Å². The van der Waals surface area contributed by atoms with Crippen LogP contribution in [-0.4, -0.2) is 66.0 Å². The van der Waals surface area contributed by atoms with Crippen LogP contribution in [0.4, 0.5) is 4.39 Å². The van der Waals surface area contributed by atoms with Crippen molar-refractivity contribution in [2.75, 3.05) is 39.4 Å². The predicted octanol–water partition coefficient (Wildman–Crippen LogP) is 2.39. The lowest BCUT2D eigenvalue weighted by Crippen LogP contribution is -2.49. The highest BCUT2D eigenvalue weighted by Gasteiger charge is 2.32. The van der Waals surface area contributed by atoms with Crippen molar-refractivity contribution in [2.45, 2.75) is 19.8 Å². The van der Waals surface area contributed by atoms with Gasteiger partial charge in [0.05, 0.1) is 35.9 Å². The molecule has 1 atom stereocenters. The van der Waals surface area contributed by atoms with E-state index in [2.05, 4.69) is 4.98 Å². The molecule has 0 bridgehead atoms. The maximum atomic E-state index is 13.4. The Bertz CT molecular complexity index is 911. The Hall–Kier alpha value is -2.54. The number of rotatable bonds is 2. The van der Waals surface area contributed by atoms with Crippen molar-refractivity contribution in [3.05, 3.63) is 41.3 Å². The number of amides is 2. The molecule has 0 aliphatic carbocycles. The van der Waals surface area contributed by atoms with Gasteiger partial charge >= 0.3 is 0 Å². The van der Waals surface area contributed by atoms with Gasteiger partial charge in [-0.15, -0.1) is 0 Å². The second kappa shape index (κ2) is 7.83. The quantitative estimate of drug-likeness (QED) is 0.796. The number of aryl methyl sites for hydroxylation is 1. The lowest BCUT2D eigenvalue weighted by Gasteiger charge is -2.36. The van der Waals surface area contributed by atoms with Crippen molar-refractivity contribution < 1.29 is 18.7 Å². The summed E-state index contributed by atoms with van der Waals surface area (Å²) in [7, 11) is 0. The van der Waals surface area contributed by atoms with E-state index < -0.39 is 0 Å². The van der Waals surface area contributed by atoms with Crippen molar-refractivity contribution in [1.82, 2.24) is 14.8 Å². The van der Waals surface area contributed by atoms with Gasteiger partial charge in [0.2, 0.25) is 5.91 Å². The van der Waals surface area contributed by atoms with Crippen molar-refractivity contribution >= 4 is 22.7 Å². The summed E-state index contributed by atoms with van der Waals surface area (Å²) in [5, 5.41) is 0.730. The Balaban J connectivity index is 1.52. The van der Waals surface area contributed by atoms with Crippen LogP contribution in [0.2, 0.25) is 0 Å². The molecule has 28 heavy (non-hydrogen) atoms.